The number of ketones is 1. The van der Waals surface area contributed by atoms with Crippen molar-refractivity contribution in [3.63, 3.8) is 0 Å². The van der Waals surface area contributed by atoms with Crippen molar-refractivity contribution in [3.8, 4) is 5.75 Å². The third-order valence-electron chi connectivity index (χ3n) is 2.93. The number of aromatic hydroxyl groups is 1. The topological polar surface area (TPSA) is 63.6 Å². The molecule has 0 aliphatic heterocycles. The highest BCUT2D eigenvalue weighted by Gasteiger charge is 2.18. The standard InChI is InChI=1S/C17H22O4/c1-3-5-11-21-17(20)15(16(19)6-4-2)12-13-7-9-14(18)10-8-13/h7-10,12,18H,3-6,11H2,1-2H3. The van der Waals surface area contributed by atoms with Gasteiger partial charge in [0.2, 0.25) is 0 Å². The van der Waals surface area contributed by atoms with Crippen LogP contribution in [-0.4, -0.2) is 23.5 Å². The Bertz CT molecular complexity index is 500. The van der Waals surface area contributed by atoms with Crippen LogP contribution < -0.4 is 0 Å². The number of hydrogen-bond acceptors (Lipinski definition) is 4. The van der Waals surface area contributed by atoms with Crippen LogP contribution >= 0.6 is 0 Å². The number of benzene rings is 1. The molecule has 0 bridgehead atoms. The second-order valence-electron chi connectivity index (χ2n) is 4.81. The van der Waals surface area contributed by atoms with E-state index >= 15 is 0 Å². The van der Waals surface area contributed by atoms with Gasteiger partial charge < -0.3 is 9.84 Å². The number of Topliss-reactive ketones (excluding diaryl/α,β-unsaturated/α-hetero) is 1. The molecule has 0 fully saturated rings. The number of unbranched alkanes of at least 4 members (excludes halogenated alkanes) is 1. The first-order valence-corrected chi connectivity index (χ1v) is 7.29. The van der Waals surface area contributed by atoms with E-state index in [1.54, 1.807) is 12.1 Å². The largest absolute Gasteiger partial charge is 0.508 e. The molecule has 0 saturated heterocycles. The summed E-state index contributed by atoms with van der Waals surface area (Å²) < 4.78 is 5.13. The molecule has 4 heteroatoms. The van der Waals surface area contributed by atoms with Crippen LogP contribution in [0.4, 0.5) is 0 Å². The number of carbonyl (C=O) groups is 2. The number of rotatable bonds is 8. The Kier molecular flexibility index (Phi) is 7.23. The van der Waals surface area contributed by atoms with Gasteiger partial charge in [-0.2, -0.15) is 0 Å². The molecule has 1 aromatic rings. The average Bonchev–Trinajstić information content (AvgIpc) is 2.47. The molecular weight excluding hydrogens is 268 g/mol. The number of phenolic OH excluding ortho intramolecular Hbond substituents is 1. The summed E-state index contributed by atoms with van der Waals surface area (Å²) in [6.45, 7) is 4.21. The van der Waals surface area contributed by atoms with Crippen LogP contribution in [-0.2, 0) is 14.3 Å². The molecule has 1 aromatic carbocycles. The van der Waals surface area contributed by atoms with Crippen LogP contribution in [0.15, 0.2) is 29.8 Å². The highest BCUT2D eigenvalue weighted by molar-refractivity contribution is 6.20. The lowest BCUT2D eigenvalue weighted by Gasteiger charge is -2.07. The van der Waals surface area contributed by atoms with E-state index in [0.29, 0.717) is 25.0 Å². The molecule has 21 heavy (non-hydrogen) atoms. The maximum absolute atomic E-state index is 12.1. The van der Waals surface area contributed by atoms with Gasteiger partial charge in [0.1, 0.15) is 11.3 Å². The summed E-state index contributed by atoms with van der Waals surface area (Å²) in [5, 5.41) is 9.26. The zero-order valence-corrected chi connectivity index (χ0v) is 12.6. The van der Waals surface area contributed by atoms with Crippen LogP contribution in [0.25, 0.3) is 6.08 Å². The summed E-state index contributed by atoms with van der Waals surface area (Å²) in [5.74, 6) is -0.652. The first-order chi connectivity index (χ1) is 10.1. The Balaban J connectivity index is 2.93. The Morgan fingerprint density at radius 2 is 1.81 bits per heavy atom. The molecule has 0 heterocycles. The fraction of sp³-hybridized carbons (Fsp3) is 0.412. The van der Waals surface area contributed by atoms with Gasteiger partial charge in [-0.05, 0) is 36.6 Å². The molecule has 1 N–H and O–H groups in total. The van der Waals surface area contributed by atoms with Gasteiger partial charge in [-0.3, -0.25) is 4.79 Å². The molecule has 0 atom stereocenters. The number of phenols is 1. The third kappa shape index (κ3) is 5.81. The summed E-state index contributed by atoms with van der Waals surface area (Å²) in [6.07, 6.45) is 4.21. The number of carbonyl (C=O) groups excluding carboxylic acids is 2. The van der Waals surface area contributed by atoms with Crippen molar-refractivity contribution in [2.24, 2.45) is 0 Å². The number of ether oxygens (including phenoxy) is 1. The molecule has 0 radical (unpaired) electrons. The van der Waals surface area contributed by atoms with E-state index in [0.717, 1.165) is 12.8 Å². The molecule has 4 nitrogen and oxygen atoms in total. The van der Waals surface area contributed by atoms with Crippen LogP contribution in [0.2, 0.25) is 0 Å². The van der Waals surface area contributed by atoms with Gasteiger partial charge in [-0.25, -0.2) is 4.79 Å². The van der Waals surface area contributed by atoms with Crippen molar-refractivity contribution in [1.29, 1.82) is 0 Å². The summed E-state index contributed by atoms with van der Waals surface area (Å²) in [5.41, 5.74) is 0.748. The Labute approximate surface area is 125 Å². The molecule has 0 aromatic heterocycles. The fourth-order valence-corrected chi connectivity index (χ4v) is 1.74. The van der Waals surface area contributed by atoms with Gasteiger partial charge in [0, 0.05) is 6.42 Å². The van der Waals surface area contributed by atoms with Gasteiger partial charge >= 0.3 is 5.97 Å². The lowest BCUT2D eigenvalue weighted by atomic mass is 10.0. The Hall–Kier alpha value is -2.10. The molecule has 0 amide bonds. The average molecular weight is 290 g/mol. The third-order valence-corrected chi connectivity index (χ3v) is 2.93. The van der Waals surface area contributed by atoms with Gasteiger partial charge in [0.15, 0.2) is 5.78 Å². The zero-order chi connectivity index (χ0) is 15.7. The summed E-state index contributed by atoms with van der Waals surface area (Å²) >= 11 is 0. The molecule has 1 rings (SSSR count). The summed E-state index contributed by atoms with van der Waals surface area (Å²) in [7, 11) is 0. The quantitative estimate of drug-likeness (QED) is 0.262. The first kappa shape index (κ1) is 17.0. The number of hydrogen-bond donors (Lipinski definition) is 1. The predicted octanol–water partition coefficient (Wildman–Crippen LogP) is 3.49. The van der Waals surface area contributed by atoms with E-state index in [4.69, 9.17) is 4.74 Å². The monoisotopic (exact) mass is 290 g/mol. The van der Waals surface area contributed by atoms with Crippen LogP contribution in [0.5, 0.6) is 5.75 Å². The minimum Gasteiger partial charge on any atom is -0.508 e. The Morgan fingerprint density at radius 1 is 1.14 bits per heavy atom. The van der Waals surface area contributed by atoms with Crippen molar-refractivity contribution in [2.75, 3.05) is 6.61 Å². The van der Waals surface area contributed by atoms with E-state index < -0.39 is 5.97 Å². The fourth-order valence-electron chi connectivity index (χ4n) is 1.74. The molecule has 0 aliphatic carbocycles. The van der Waals surface area contributed by atoms with Crippen molar-refractivity contribution in [2.45, 2.75) is 39.5 Å². The minimum atomic E-state index is -0.574. The lowest BCUT2D eigenvalue weighted by molar-refractivity contribution is -0.140. The van der Waals surface area contributed by atoms with E-state index in [-0.39, 0.29) is 17.1 Å². The van der Waals surface area contributed by atoms with Gasteiger partial charge in [0.25, 0.3) is 0 Å². The van der Waals surface area contributed by atoms with Gasteiger partial charge in [0.05, 0.1) is 6.61 Å². The van der Waals surface area contributed by atoms with E-state index in [9.17, 15) is 14.7 Å². The van der Waals surface area contributed by atoms with Crippen molar-refractivity contribution < 1.29 is 19.4 Å². The first-order valence-electron chi connectivity index (χ1n) is 7.29. The van der Waals surface area contributed by atoms with Gasteiger partial charge in [-0.1, -0.05) is 32.4 Å². The molecule has 0 aliphatic rings. The molecule has 0 spiro atoms. The number of esters is 1. The predicted molar refractivity (Wildman–Crippen MR) is 81.9 cm³/mol. The van der Waals surface area contributed by atoms with Crippen molar-refractivity contribution >= 4 is 17.8 Å². The second-order valence-corrected chi connectivity index (χ2v) is 4.81. The molecular formula is C17H22O4. The van der Waals surface area contributed by atoms with Gasteiger partial charge in [-0.15, -0.1) is 0 Å². The highest BCUT2D eigenvalue weighted by Crippen LogP contribution is 2.15. The summed E-state index contributed by atoms with van der Waals surface area (Å²) in [4.78, 5) is 24.1. The SMILES string of the molecule is CCCCOC(=O)C(=Cc1ccc(O)cc1)C(=O)CCC. The minimum absolute atomic E-state index is 0.0682. The van der Waals surface area contributed by atoms with E-state index in [2.05, 4.69) is 0 Å². The van der Waals surface area contributed by atoms with Crippen LogP contribution in [0.1, 0.15) is 45.1 Å². The highest BCUT2D eigenvalue weighted by atomic mass is 16.5. The van der Waals surface area contributed by atoms with E-state index in [1.807, 2.05) is 13.8 Å². The van der Waals surface area contributed by atoms with E-state index in [1.165, 1.54) is 18.2 Å². The maximum atomic E-state index is 12.1. The smallest absolute Gasteiger partial charge is 0.341 e. The Morgan fingerprint density at radius 3 is 2.38 bits per heavy atom. The summed E-state index contributed by atoms with van der Waals surface area (Å²) in [6, 6.07) is 6.31. The van der Waals surface area contributed by atoms with Crippen molar-refractivity contribution in [3.05, 3.63) is 35.4 Å². The molecule has 0 unspecified atom stereocenters. The maximum Gasteiger partial charge on any atom is 0.341 e. The zero-order valence-electron chi connectivity index (χ0n) is 12.6. The molecule has 114 valence electrons. The van der Waals surface area contributed by atoms with Crippen LogP contribution in [0.3, 0.4) is 0 Å². The molecule has 0 saturated carbocycles. The van der Waals surface area contributed by atoms with Crippen molar-refractivity contribution in [1.82, 2.24) is 0 Å². The normalized spacial score (nSPS) is 11.2. The second kappa shape index (κ2) is 8.95. The van der Waals surface area contributed by atoms with Crippen LogP contribution in [0, 0.1) is 0 Å². The lowest BCUT2D eigenvalue weighted by Crippen LogP contribution is -2.16.